The maximum Gasteiger partial charge on any atom is 0.416 e. The largest absolute Gasteiger partial charge is 0.416 e. The zero-order valence-corrected chi connectivity index (χ0v) is 8.86. The van der Waals surface area contributed by atoms with E-state index in [0.29, 0.717) is 11.4 Å². The monoisotopic (exact) mass is 239 g/mol. The molecule has 6 heteroatoms. The molecule has 0 aromatic carbocycles. The summed E-state index contributed by atoms with van der Waals surface area (Å²) in [6, 6.07) is 1.91. The molecule has 88 valence electrons. The Morgan fingerprint density at radius 3 is 2.29 bits per heavy atom. The maximum atomic E-state index is 12.5. The standard InChI is InChI=1S/C11H8F3N3/c1-7-16-5-8(6-17-7)10-4-9(2-3-15-10)11(12,13)14/h2-6H,1H3. The molecule has 0 saturated heterocycles. The molecule has 0 amide bonds. The first-order valence-corrected chi connectivity index (χ1v) is 4.79. The quantitative estimate of drug-likeness (QED) is 0.768. The van der Waals surface area contributed by atoms with Crippen LogP contribution in [0.3, 0.4) is 0 Å². The highest BCUT2D eigenvalue weighted by Gasteiger charge is 2.30. The van der Waals surface area contributed by atoms with E-state index in [1.165, 1.54) is 12.4 Å². The molecule has 0 fully saturated rings. The highest BCUT2D eigenvalue weighted by molar-refractivity contribution is 5.57. The van der Waals surface area contributed by atoms with Crippen LogP contribution in [-0.4, -0.2) is 15.0 Å². The molecular formula is C11H8F3N3. The van der Waals surface area contributed by atoms with Crippen LogP contribution in [0.2, 0.25) is 0 Å². The lowest BCUT2D eigenvalue weighted by Crippen LogP contribution is -2.05. The third-order valence-electron chi connectivity index (χ3n) is 2.16. The number of hydrogen-bond acceptors (Lipinski definition) is 3. The van der Waals surface area contributed by atoms with E-state index in [1.54, 1.807) is 6.92 Å². The maximum absolute atomic E-state index is 12.5. The zero-order valence-electron chi connectivity index (χ0n) is 8.86. The molecule has 0 spiro atoms. The summed E-state index contributed by atoms with van der Waals surface area (Å²) in [6.07, 6.45) is -0.350. The molecule has 17 heavy (non-hydrogen) atoms. The van der Waals surface area contributed by atoms with Gasteiger partial charge in [0.1, 0.15) is 5.82 Å². The van der Waals surface area contributed by atoms with Gasteiger partial charge in [-0.15, -0.1) is 0 Å². The fourth-order valence-corrected chi connectivity index (χ4v) is 1.29. The molecule has 0 unspecified atom stereocenters. The van der Waals surface area contributed by atoms with Crippen LogP contribution in [0.1, 0.15) is 11.4 Å². The summed E-state index contributed by atoms with van der Waals surface area (Å²) in [5.74, 6) is 0.556. The topological polar surface area (TPSA) is 38.7 Å². The number of alkyl halides is 3. The van der Waals surface area contributed by atoms with Crippen molar-refractivity contribution in [3.05, 3.63) is 42.1 Å². The zero-order chi connectivity index (χ0) is 12.5. The number of nitrogens with zero attached hydrogens (tertiary/aromatic N) is 3. The minimum Gasteiger partial charge on any atom is -0.256 e. The summed E-state index contributed by atoms with van der Waals surface area (Å²) in [5.41, 5.74) is -0.0652. The van der Waals surface area contributed by atoms with Gasteiger partial charge in [0.15, 0.2) is 0 Å². The van der Waals surface area contributed by atoms with Crippen molar-refractivity contribution in [3.63, 3.8) is 0 Å². The number of pyridine rings is 1. The van der Waals surface area contributed by atoms with Crippen molar-refractivity contribution >= 4 is 0 Å². The van der Waals surface area contributed by atoms with Crippen molar-refractivity contribution in [2.24, 2.45) is 0 Å². The van der Waals surface area contributed by atoms with Crippen LogP contribution in [0.15, 0.2) is 30.7 Å². The molecular weight excluding hydrogens is 231 g/mol. The molecule has 0 radical (unpaired) electrons. The van der Waals surface area contributed by atoms with Crippen LogP contribution >= 0.6 is 0 Å². The van der Waals surface area contributed by atoms with E-state index in [9.17, 15) is 13.2 Å². The molecule has 0 aliphatic carbocycles. The summed E-state index contributed by atoms with van der Waals surface area (Å²) in [6.45, 7) is 1.70. The van der Waals surface area contributed by atoms with Gasteiger partial charge < -0.3 is 0 Å². The molecule has 0 aliphatic rings. The first-order chi connectivity index (χ1) is 7.97. The van der Waals surface area contributed by atoms with Gasteiger partial charge in [-0.1, -0.05) is 0 Å². The van der Waals surface area contributed by atoms with Crippen LogP contribution in [0.25, 0.3) is 11.3 Å². The van der Waals surface area contributed by atoms with Gasteiger partial charge >= 0.3 is 6.18 Å². The molecule has 0 atom stereocenters. The highest BCUT2D eigenvalue weighted by Crippen LogP contribution is 2.30. The van der Waals surface area contributed by atoms with Gasteiger partial charge in [0.2, 0.25) is 0 Å². The molecule has 2 aromatic rings. The highest BCUT2D eigenvalue weighted by atomic mass is 19.4. The lowest BCUT2D eigenvalue weighted by atomic mass is 10.1. The van der Waals surface area contributed by atoms with Crippen molar-refractivity contribution in [1.82, 2.24) is 15.0 Å². The van der Waals surface area contributed by atoms with Crippen LogP contribution in [0.4, 0.5) is 13.2 Å². The Balaban J connectivity index is 2.43. The molecule has 0 bridgehead atoms. The van der Waals surface area contributed by atoms with Crippen molar-refractivity contribution in [2.75, 3.05) is 0 Å². The van der Waals surface area contributed by atoms with Crippen molar-refractivity contribution in [3.8, 4) is 11.3 Å². The third-order valence-corrected chi connectivity index (χ3v) is 2.16. The van der Waals surface area contributed by atoms with Gasteiger partial charge in [0.25, 0.3) is 0 Å². The van der Waals surface area contributed by atoms with E-state index in [4.69, 9.17) is 0 Å². The fourth-order valence-electron chi connectivity index (χ4n) is 1.29. The summed E-state index contributed by atoms with van der Waals surface area (Å²) in [4.78, 5) is 11.7. The lowest BCUT2D eigenvalue weighted by Gasteiger charge is -2.07. The second kappa shape index (κ2) is 4.12. The Morgan fingerprint density at radius 2 is 1.71 bits per heavy atom. The Labute approximate surface area is 95.4 Å². The van der Waals surface area contributed by atoms with E-state index < -0.39 is 11.7 Å². The molecule has 0 saturated carbocycles. The smallest absolute Gasteiger partial charge is 0.256 e. The fraction of sp³-hybridized carbons (Fsp3) is 0.182. The Hall–Kier alpha value is -1.98. The molecule has 0 aliphatic heterocycles. The predicted octanol–water partition coefficient (Wildman–Crippen LogP) is 2.87. The van der Waals surface area contributed by atoms with Gasteiger partial charge in [-0.05, 0) is 19.1 Å². The van der Waals surface area contributed by atoms with E-state index in [0.717, 1.165) is 18.3 Å². The third kappa shape index (κ3) is 2.58. The second-order valence-electron chi connectivity index (χ2n) is 3.45. The minimum atomic E-state index is -4.37. The van der Waals surface area contributed by atoms with Crippen molar-refractivity contribution < 1.29 is 13.2 Å². The Morgan fingerprint density at radius 1 is 1.06 bits per heavy atom. The summed E-state index contributed by atoms with van der Waals surface area (Å²) >= 11 is 0. The first kappa shape index (κ1) is 11.5. The van der Waals surface area contributed by atoms with E-state index in [-0.39, 0.29) is 5.69 Å². The molecule has 2 aromatic heterocycles. The van der Waals surface area contributed by atoms with E-state index in [2.05, 4.69) is 15.0 Å². The van der Waals surface area contributed by atoms with Crippen molar-refractivity contribution in [2.45, 2.75) is 13.1 Å². The average molecular weight is 239 g/mol. The summed E-state index contributed by atoms with van der Waals surface area (Å²) in [5, 5.41) is 0. The molecule has 2 rings (SSSR count). The molecule has 2 heterocycles. The van der Waals surface area contributed by atoms with Crippen LogP contribution in [0, 0.1) is 6.92 Å². The molecule has 0 N–H and O–H groups in total. The van der Waals surface area contributed by atoms with Crippen LogP contribution in [0.5, 0.6) is 0 Å². The van der Waals surface area contributed by atoms with E-state index >= 15 is 0 Å². The Bertz CT molecular complexity index is 520. The van der Waals surface area contributed by atoms with Crippen LogP contribution in [-0.2, 0) is 6.18 Å². The molecule has 3 nitrogen and oxygen atoms in total. The van der Waals surface area contributed by atoms with Gasteiger partial charge in [-0.25, -0.2) is 9.97 Å². The van der Waals surface area contributed by atoms with Gasteiger partial charge in [0.05, 0.1) is 11.3 Å². The van der Waals surface area contributed by atoms with Gasteiger partial charge in [-0.3, -0.25) is 4.98 Å². The Kier molecular flexibility index (Phi) is 2.79. The lowest BCUT2D eigenvalue weighted by molar-refractivity contribution is -0.137. The number of aromatic nitrogens is 3. The summed E-state index contributed by atoms with van der Waals surface area (Å²) < 4.78 is 37.5. The number of halogens is 3. The average Bonchev–Trinajstić information content (AvgIpc) is 2.29. The van der Waals surface area contributed by atoms with E-state index in [1.807, 2.05) is 0 Å². The minimum absolute atomic E-state index is 0.208. The SMILES string of the molecule is Cc1ncc(-c2cc(C(F)(F)F)ccn2)cn1. The summed E-state index contributed by atoms with van der Waals surface area (Å²) in [7, 11) is 0. The predicted molar refractivity (Wildman–Crippen MR) is 55.0 cm³/mol. The normalized spacial score (nSPS) is 11.5. The first-order valence-electron chi connectivity index (χ1n) is 4.79. The van der Waals surface area contributed by atoms with Gasteiger partial charge in [-0.2, -0.15) is 13.2 Å². The number of hydrogen-bond donors (Lipinski definition) is 0. The van der Waals surface area contributed by atoms with Crippen molar-refractivity contribution in [1.29, 1.82) is 0 Å². The second-order valence-corrected chi connectivity index (χ2v) is 3.45. The number of rotatable bonds is 1. The number of aryl methyl sites for hydroxylation is 1. The van der Waals surface area contributed by atoms with Crippen LogP contribution < -0.4 is 0 Å². The van der Waals surface area contributed by atoms with Gasteiger partial charge in [0, 0.05) is 24.2 Å².